The molecule has 6 atom stereocenters. The fourth-order valence-corrected chi connectivity index (χ4v) is 7.43. The van der Waals surface area contributed by atoms with Gasteiger partial charge in [0, 0.05) is 18.8 Å². The van der Waals surface area contributed by atoms with Crippen LogP contribution in [0.1, 0.15) is 65.9 Å². The first-order valence-electron chi connectivity index (χ1n) is 14.7. The molecule has 3 heterocycles. The van der Waals surface area contributed by atoms with Crippen molar-refractivity contribution in [3.63, 3.8) is 0 Å². The molecule has 3 aliphatic heterocycles. The molecule has 2 N–H and O–H groups in total. The molecule has 6 rings (SSSR count). The number of amides is 4. The quantitative estimate of drug-likeness (QED) is 0.570. The van der Waals surface area contributed by atoms with E-state index in [9.17, 15) is 19.2 Å². The first kappa shape index (κ1) is 27.6. The van der Waals surface area contributed by atoms with Crippen LogP contribution < -0.4 is 10.6 Å². The van der Waals surface area contributed by atoms with Crippen molar-refractivity contribution in [2.24, 2.45) is 23.2 Å². The molecule has 10 nitrogen and oxygen atoms in total. The lowest BCUT2D eigenvalue weighted by Crippen LogP contribution is -2.56. The molecule has 1 aromatic rings. The molecule has 0 aromatic heterocycles. The molecular formula is C31H40N5O5+. The van der Waals surface area contributed by atoms with Gasteiger partial charge in [0.1, 0.15) is 23.1 Å². The van der Waals surface area contributed by atoms with E-state index in [-0.39, 0.29) is 47.9 Å². The molecule has 0 radical (unpaired) electrons. The third kappa shape index (κ3) is 4.54. The van der Waals surface area contributed by atoms with Gasteiger partial charge < -0.3 is 15.4 Å². The van der Waals surface area contributed by atoms with Crippen LogP contribution in [0.15, 0.2) is 24.3 Å². The minimum Gasteiger partial charge on any atom is -0.444 e. The highest BCUT2D eigenvalue weighted by Gasteiger charge is 2.70. The highest BCUT2D eigenvalue weighted by Crippen LogP contribution is 2.65. The molecule has 0 bridgehead atoms. The number of benzene rings is 1. The third-order valence-corrected chi connectivity index (χ3v) is 9.90. The van der Waals surface area contributed by atoms with Gasteiger partial charge in [0.2, 0.25) is 11.8 Å². The summed E-state index contributed by atoms with van der Waals surface area (Å²) in [5, 5.41) is 5.99. The van der Waals surface area contributed by atoms with Gasteiger partial charge in [-0.15, -0.1) is 0 Å². The predicted octanol–water partition coefficient (Wildman–Crippen LogP) is 3.57. The van der Waals surface area contributed by atoms with E-state index in [0.29, 0.717) is 18.9 Å². The average Bonchev–Trinajstić information content (AvgIpc) is 3.61. The molecule has 10 heteroatoms. The minimum absolute atomic E-state index is 0.00720. The Morgan fingerprint density at radius 2 is 1.90 bits per heavy atom. The zero-order chi connectivity index (χ0) is 29.5. The Morgan fingerprint density at radius 3 is 2.56 bits per heavy atom. The molecule has 218 valence electrons. The molecule has 2 saturated heterocycles. The Morgan fingerprint density at radius 1 is 1.20 bits per heavy atom. The largest absolute Gasteiger partial charge is 0.444 e. The molecule has 2 aliphatic carbocycles. The van der Waals surface area contributed by atoms with Crippen molar-refractivity contribution in [1.29, 1.82) is 0 Å². The number of carbonyl (C=O) groups excluding carboxylic acids is 4. The van der Waals surface area contributed by atoms with Gasteiger partial charge >= 0.3 is 12.3 Å². The number of ether oxygens (including phenoxy) is 1. The summed E-state index contributed by atoms with van der Waals surface area (Å²) in [6, 6.07) is 5.96. The van der Waals surface area contributed by atoms with Crippen LogP contribution in [0.3, 0.4) is 0 Å². The molecule has 1 spiro atoms. The molecule has 41 heavy (non-hydrogen) atoms. The zero-order valence-corrected chi connectivity index (χ0v) is 24.5. The normalized spacial score (nSPS) is 31.7. The fraction of sp³-hybridized carbons (Fsp3) is 0.645. The lowest BCUT2D eigenvalue weighted by atomic mass is 9.80. The maximum Gasteiger partial charge on any atom is 0.410 e. The predicted molar refractivity (Wildman–Crippen MR) is 152 cm³/mol. The van der Waals surface area contributed by atoms with Crippen LogP contribution >= 0.6 is 0 Å². The van der Waals surface area contributed by atoms with E-state index < -0.39 is 35.4 Å². The Kier molecular flexibility index (Phi) is 6.18. The Labute approximate surface area is 241 Å². The smallest absolute Gasteiger partial charge is 0.410 e. The van der Waals surface area contributed by atoms with Crippen LogP contribution in [0.2, 0.25) is 0 Å². The van der Waals surface area contributed by atoms with Crippen LogP contribution in [0, 0.1) is 29.7 Å². The Bertz CT molecular complexity index is 1360. The van der Waals surface area contributed by atoms with E-state index in [0.717, 1.165) is 24.1 Å². The van der Waals surface area contributed by atoms with E-state index in [4.69, 9.17) is 11.3 Å². The zero-order valence-electron chi connectivity index (χ0n) is 24.5. The van der Waals surface area contributed by atoms with Crippen LogP contribution in [0.5, 0.6) is 0 Å². The van der Waals surface area contributed by atoms with Crippen molar-refractivity contribution in [2.75, 3.05) is 18.4 Å². The summed E-state index contributed by atoms with van der Waals surface area (Å²) in [6.45, 7) is 16.0. The average molecular weight is 563 g/mol. The van der Waals surface area contributed by atoms with Gasteiger partial charge in [0.15, 0.2) is 0 Å². The molecule has 1 aromatic carbocycles. The van der Waals surface area contributed by atoms with Gasteiger partial charge in [-0.1, -0.05) is 49.7 Å². The molecule has 2 saturated carbocycles. The van der Waals surface area contributed by atoms with Crippen molar-refractivity contribution >= 4 is 29.5 Å². The van der Waals surface area contributed by atoms with E-state index in [1.807, 2.05) is 24.3 Å². The maximum absolute atomic E-state index is 14.2. The van der Waals surface area contributed by atoms with Gasteiger partial charge in [-0.2, -0.15) is 0 Å². The summed E-state index contributed by atoms with van der Waals surface area (Å²) >= 11 is 0. The van der Waals surface area contributed by atoms with Gasteiger partial charge in [0.25, 0.3) is 12.5 Å². The lowest BCUT2D eigenvalue weighted by Gasteiger charge is -2.33. The maximum atomic E-state index is 14.2. The van der Waals surface area contributed by atoms with Crippen molar-refractivity contribution < 1.29 is 23.9 Å². The monoisotopic (exact) mass is 562 g/mol. The van der Waals surface area contributed by atoms with E-state index >= 15 is 0 Å². The number of nitrogens with zero attached hydrogens (tertiary/aromatic N) is 3. The summed E-state index contributed by atoms with van der Waals surface area (Å²) in [5.74, 6) is -0.291. The fourth-order valence-electron chi connectivity index (χ4n) is 7.43. The first-order chi connectivity index (χ1) is 19.3. The number of piperidine rings is 1. The molecule has 4 amide bonds. The van der Waals surface area contributed by atoms with Crippen molar-refractivity contribution in [3.05, 3.63) is 34.7 Å². The number of rotatable bonds is 5. The van der Waals surface area contributed by atoms with E-state index in [1.54, 1.807) is 25.7 Å². The topological polar surface area (TPSA) is 112 Å². The molecule has 0 unspecified atom stereocenters. The summed E-state index contributed by atoms with van der Waals surface area (Å²) in [5.41, 5.74) is -0.154. The standard InChI is InChI=1S/C31H39N5O5/c1-29(2,3)41-28(40)35-15-19-23(30(19,4)5)24(35)25(37)33-21(13-17-11-12-17)26(38)36-16-31(14-22(36)32-6)18-9-7-8-10-20(18)34-27(31)39/h6-10,17,19,21-24H,11-16H2,1-5H3,(H-,33,34,37,39)/p+1/t19-,21-,22-,23-,24-,31-/m0/s1. The van der Waals surface area contributed by atoms with Crippen LogP contribution in [-0.4, -0.2) is 70.6 Å². The number of likely N-dealkylation sites (tertiary alicyclic amines) is 2. The first-order valence-corrected chi connectivity index (χ1v) is 14.7. The summed E-state index contributed by atoms with van der Waals surface area (Å²) < 4.78 is 5.64. The van der Waals surface area contributed by atoms with Gasteiger partial charge in [-0.3, -0.25) is 24.2 Å². The number of fused-ring (bicyclic) bond motifs is 3. The highest BCUT2D eigenvalue weighted by atomic mass is 16.6. The summed E-state index contributed by atoms with van der Waals surface area (Å²) in [7, 11) is 0. The second-order valence-electron chi connectivity index (χ2n) is 14.2. The van der Waals surface area contributed by atoms with E-state index in [1.165, 1.54) is 4.90 Å². The van der Waals surface area contributed by atoms with Crippen LogP contribution in [0.25, 0.3) is 4.85 Å². The summed E-state index contributed by atoms with van der Waals surface area (Å²) in [4.78, 5) is 61.6. The Hall–Kier alpha value is -3.61. The number of hydrogen-bond donors (Lipinski definition) is 2. The number of hydrogen-bond acceptors (Lipinski definition) is 5. The lowest BCUT2D eigenvalue weighted by molar-refractivity contribution is -0.138. The van der Waals surface area contributed by atoms with Gasteiger partial charge in [-0.25, -0.2) is 4.79 Å². The number of para-hydroxylation sites is 1. The molecule has 5 aliphatic rings. The SMILES string of the molecule is C#[N+][C@@H]1C[C@@]2(CN1C(=O)[C@H](CC1CC1)NC(=O)[C@@H]1[C@@H]3[C@H](CN1C(=O)OC(C)(C)C)C3(C)C)C(=O)Nc1ccccc12. The second-order valence-corrected chi connectivity index (χ2v) is 14.2. The van der Waals surface area contributed by atoms with Gasteiger partial charge in [0.05, 0.1) is 6.42 Å². The number of nitrogens with one attached hydrogen (secondary N) is 2. The van der Waals surface area contributed by atoms with Crippen molar-refractivity contribution in [1.82, 2.24) is 15.1 Å². The Balaban J connectivity index is 1.24. The highest BCUT2D eigenvalue weighted by molar-refractivity contribution is 6.07. The molecular weight excluding hydrogens is 522 g/mol. The minimum atomic E-state index is -0.946. The van der Waals surface area contributed by atoms with Gasteiger partial charge in [-0.05, 0) is 62.0 Å². The number of carbonyl (C=O) groups is 4. The van der Waals surface area contributed by atoms with Crippen molar-refractivity contribution in [2.45, 2.75) is 89.6 Å². The van der Waals surface area contributed by atoms with Crippen LogP contribution in [0.4, 0.5) is 10.5 Å². The van der Waals surface area contributed by atoms with E-state index in [2.05, 4.69) is 29.3 Å². The second kappa shape index (κ2) is 9.20. The number of anilines is 1. The van der Waals surface area contributed by atoms with Crippen molar-refractivity contribution in [3.8, 4) is 6.57 Å². The van der Waals surface area contributed by atoms with Crippen LogP contribution in [-0.2, 0) is 24.5 Å². The third-order valence-electron chi connectivity index (χ3n) is 9.90. The summed E-state index contributed by atoms with van der Waals surface area (Å²) in [6.07, 6.45) is 1.54. The molecule has 4 fully saturated rings.